The lowest BCUT2D eigenvalue weighted by atomic mass is 9.98. The van der Waals surface area contributed by atoms with Gasteiger partial charge in [0.1, 0.15) is 11.7 Å². The number of nitrogens with zero attached hydrogens (tertiary/aromatic N) is 3. The summed E-state index contributed by atoms with van der Waals surface area (Å²) in [6.07, 6.45) is 3.39. The lowest BCUT2D eigenvalue weighted by Gasteiger charge is -2.36. The number of hydrogen-bond acceptors (Lipinski definition) is 2. The molecule has 4 heterocycles. The topological polar surface area (TPSA) is 38.4 Å². The molecule has 3 aromatic carbocycles. The fourth-order valence-electron chi connectivity index (χ4n) is 7.14. The number of piperidine rings is 1. The standard InChI is InChI=1S/C27H24N4O/c32-26-28-16-27-21-9-1-2-10-22(21)30(25(27)31(26)27)19-11-13-29(14-12-19)23-15-18-7-3-5-17-6-4-8-20(23)24(17)18/h1-10,19,23H,11-16H2/p+1. The zero-order valence-corrected chi connectivity index (χ0v) is 17.9. The Balaban J connectivity index is 1.10. The van der Waals surface area contributed by atoms with E-state index >= 15 is 0 Å². The van der Waals surface area contributed by atoms with Gasteiger partial charge in [-0.2, -0.15) is 4.90 Å². The maximum absolute atomic E-state index is 12.4. The monoisotopic (exact) mass is 421 g/mol. The average Bonchev–Trinajstić information content (AvgIpc) is 3.07. The van der Waals surface area contributed by atoms with Crippen molar-refractivity contribution in [3.8, 4) is 0 Å². The van der Waals surface area contributed by atoms with Crippen molar-refractivity contribution in [1.29, 1.82) is 0 Å². The van der Waals surface area contributed by atoms with Crippen LogP contribution in [0, 0.1) is 0 Å². The Labute approximate surface area is 186 Å². The molecule has 2 amide bonds. The summed E-state index contributed by atoms with van der Waals surface area (Å²) in [6.45, 7) is 2.91. The molecule has 3 saturated heterocycles. The first-order valence-corrected chi connectivity index (χ1v) is 11.9. The predicted octanol–water partition coefficient (Wildman–Crippen LogP) is 3.89. The van der Waals surface area contributed by atoms with Gasteiger partial charge in [0, 0.05) is 32.0 Å². The van der Waals surface area contributed by atoms with Gasteiger partial charge in [-0.3, -0.25) is 4.90 Å². The fourth-order valence-corrected chi connectivity index (χ4v) is 7.14. The maximum Gasteiger partial charge on any atom is 0.410 e. The largest absolute Gasteiger partial charge is 0.410 e. The smallest absolute Gasteiger partial charge is 0.312 e. The molecule has 3 aromatic rings. The number of benzene rings is 3. The molecule has 8 rings (SSSR count). The van der Waals surface area contributed by atoms with Crippen LogP contribution >= 0.6 is 0 Å². The molecule has 2 unspecified atom stereocenters. The molecule has 0 radical (unpaired) electrons. The summed E-state index contributed by atoms with van der Waals surface area (Å²) in [7, 11) is 0. The van der Waals surface area contributed by atoms with Crippen LogP contribution in [0.15, 0.2) is 60.7 Å². The van der Waals surface area contributed by atoms with E-state index < -0.39 is 0 Å². The molecule has 0 saturated carbocycles. The minimum atomic E-state index is -0.201. The van der Waals surface area contributed by atoms with Gasteiger partial charge in [0.25, 0.3) is 5.54 Å². The fraction of sp³-hybridized carbons (Fsp3) is 0.333. The molecule has 3 fully saturated rings. The summed E-state index contributed by atoms with van der Waals surface area (Å²) in [4.78, 5) is 17.1. The highest BCUT2D eigenvalue weighted by Gasteiger charge is 2.83. The van der Waals surface area contributed by atoms with Crippen LogP contribution in [0.2, 0.25) is 0 Å². The third-order valence-electron chi connectivity index (χ3n) is 8.55. The van der Waals surface area contributed by atoms with Crippen LogP contribution in [-0.4, -0.2) is 51.9 Å². The maximum atomic E-state index is 12.4. The molecule has 0 aromatic heterocycles. The molecule has 4 aliphatic heterocycles. The van der Waals surface area contributed by atoms with Crippen LogP contribution < -0.4 is 5.32 Å². The van der Waals surface area contributed by atoms with Gasteiger partial charge in [-0.25, -0.2) is 9.37 Å². The zero-order valence-electron chi connectivity index (χ0n) is 17.9. The number of likely N-dealkylation sites (tertiary alicyclic amines) is 1. The second-order valence-corrected chi connectivity index (χ2v) is 9.91. The van der Waals surface area contributed by atoms with Crippen molar-refractivity contribution < 1.29 is 9.37 Å². The number of rotatable bonds is 2. The number of para-hydroxylation sites is 1. The molecule has 5 nitrogen and oxygen atoms in total. The SMILES string of the molecule is O=C1NCC23C(=[N+](C4CCN(C5Cc6cccc7cccc5c67)CC4)c4ccccc42)N13. The first-order valence-electron chi connectivity index (χ1n) is 11.9. The Bertz CT molecular complexity index is 1360. The van der Waals surface area contributed by atoms with Gasteiger partial charge in [-0.1, -0.05) is 48.5 Å². The summed E-state index contributed by atoms with van der Waals surface area (Å²) in [5, 5.41) is 5.90. The molecule has 0 bridgehead atoms. The Morgan fingerprint density at radius 2 is 1.78 bits per heavy atom. The van der Waals surface area contributed by atoms with E-state index in [9.17, 15) is 4.79 Å². The zero-order chi connectivity index (χ0) is 21.0. The van der Waals surface area contributed by atoms with E-state index in [1.165, 1.54) is 39.0 Å². The molecule has 5 aliphatic rings. The number of carbonyl (C=O) groups is 1. The lowest BCUT2D eigenvalue weighted by Crippen LogP contribution is -2.42. The summed E-state index contributed by atoms with van der Waals surface area (Å²) >= 11 is 0. The first-order chi connectivity index (χ1) is 15.8. The third-order valence-corrected chi connectivity index (χ3v) is 8.55. The molecule has 158 valence electrons. The van der Waals surface area contributed by atoms with Crippen LogP contribution in [0.1, 0.15) is 35.6 Å². The molecule has 1 spiro atoms. The lowest BCUT2D eigenvalue weighted by molar-refractivity contribution is -0.488. The molecule has 32 heavy (non-hydrogen) atoms. The van der Waals surface area contributed by atoms with Gasteiger partial charge in [0.2, 0.25) is 0 Å². The molecule has 1 N–H and O–H groups in total. The van der Waals surface area contributed by atoms with Crippen LogP contribution in [0.4, 0.5) is 10.5 Å². The van der Waals surface area contributed by atoms with Crippen molar-refractivity contribution in [3.63, 3.8) is 0 Å². The van der Waals surface area contributed by atoms with E-state index in [4.69, 9.17) is 0 Å². The summed E-state index contributed by atoms with van der Waals surface area (Å²) < 4.78 is 2.51. The number of urea groups is 1. The normalized spacial score (nSPS) is 28.2. The number of carbonyl (C=O) groups excluding carboxylic acids is 1. The van der Waals surface area contributed by atoms with Crippen molar-refractivity contribution in [2.45, 2.75) is 36.9 Å². The second kappa shape index (κ2) is 5.78. The van der Waals surface area contributed by atoms with Gasteiger partial charge in [0.15, 0.2) is 0 Å². The average molecular weight is 422 g/mol. The van der Waals surface area contributed by atoms with Crippen LogP contribution in [0.5, 0.6) is 0 Å². The van der Waals surface area contributed by atoms with Gasteiger partial charge in [-0.15, -0.1) is 0 Å². The van der Waals surface area contributed by atoms with E-state index in [1.54, 1.807) is 0 Å². The summed E-state index contributed by atoms with van der Waals surface area (Å²) in [5.41, 5.74) is 5.42. The molecular weight excluding hydrogens is 396 g/mol. The molecular formula is C27H25N4O+. The minimum absolute atomic E-state index is 0.0637. The van der Waals surface area contributed by atoms with E-state index in [0.717, 1.165) is 32.4 Å². The van der Waals surface area contributed by atoms with Gasteiger partial charge in [-0.05, 0) is 40.5 Å². The van der Waals surface area contributed by atoms with Crippen molar-refractivity contribution in [2.75, 3.05) is 19.6 Å². The van der Waals surface area contributed by atoms with Crippen LogP contribution in [-0.2, 0) is 12.0 Å². The van der Waals surface area contributed by atoms with E-state index in [-0.39, 0.29) is 11.6 Å². The Hall–Kier alpha value is -3.18. The predicted molar refractivity (Wildman–Crippen MR) is 123 cm³/mol. The van der Waals surface area contributed by atoms with E-state index in [1.807, 2.05) is 4.90 Å². The Kier molecular flexibility index (Phi) is 3.14. The number of hydrogen-bond donors (Lipinski definition) is 1. The summed E-state index contributed by atoms with van der Waals surface area (Å²) in [6, 6.07) is 23.3. The van der Waals surface area contributed by atoms with E-state index in [2.05, 4.69) is 75.5 Å². The first kappa shape index (κ1) is 17.4. The van der Waals surface area contributed by atoms with Gasteiger partial charge in [0.05, 0.1) is 12.1 Å². The highest BCUT2D eigenvalue weighted by molar-refractivity contribution is 6.20. The number of nitrogens with one attached hydrogen (secondary N) is 1. The van der Waals surface area contributed by atoms with Crippen LogP contribution in [0.3, 0.4) is 0 Å². The van der Waals surface area contributed by atoms with Crippen molar-refractivity contribution in [2.24, 2.45) is 0 Å². The third kappa shape index (κ3) is 1.95. The number of amidine groups is 1. The van der Waals surface area contributed by atoms with Gasteiger partial charge < -0.3 is 5.32 Å². The highest BCUT2D eigenvalue weighted by atomic mass is 16.2. The minimum Gasteiger partial charge on any atom is -0.312 e. The van der Waals surface area contributed by atoms with Crippen molar-refractivity contribution >= 4 is 28.3 Å². The summed E-state index contributed by atoms with van der Waals surface area (Å²) in [5.74, 6) is 1.22. The highest BCUT2D eigenvalue weighted by Crippen LogP contribution is 2.57. The Morgan fingerprint density at radius 1 is 0.969 bits per heavy atom. The second-order valence-electron chi connectivity index (χ2n) is 9.91. The Morgan fingerprint density at radius 3 is 2.66 bits per heavy atom. The van der Waals surface area contributed by atoms with E-state index in [0.29, 0.717) is 18.6 Å². The molecule has 2 atom stereocenters. The molecule has 5 heteroatoms. The quantitative estimate of drug-likeness (QED) is 0.504. The van der Waals surface area contributed by atoms with Gasteiger partial charge >= 0.3 is 11.9 Å². The number of fused-ring (bicyclic) bond motifs is 2. The van der Waals surface area contributed by atoms with Crippen molar-refractivity contribution in [3.05, 3.63) is 77.4 Å². The van der Waals surface area contributed by atoms with Crippen LogP contribution in [0.25, 0.3) is 10.8 Å². The molecule has 1 aliphatic carbocycles. The number of amides is 2. The van der Waals surface area contributed by atoms with Crippen molar-refractivity contribution in [1.82, 2.24) is 15.1 Å².